The van der Waals surface area contributed by atoms with E-state index in [4.69, 9.17) is 14.2 Å². The monoisotopic (exact) mass is 1220 g/mol. The maximum Gasteiger partial charge on any atom is 0.306 e. The lowest BCUT2D eigenvalue weighted by atomic mass is 9.99. The van der Waals surface area contributed by atoms with Crippen molar-refractivity contribution >= 4 is 11.9 Å². The first-order chi connectivity index (χ1) is 42.7. The van der Waals surface area contributed by atoms with Gasteiger partial charge in [-0.05, 0) is 116 Å². The van der Waals surface area contributed by atoms with Crippen LogP contribution in [-0.2, 0) is 23.8 Å². The maximum absolute atomic E-state index is 13.5. The summed E-state index contributed by atoms with van der Waals surface area (Å²) in [6.45, 7) is 5.73. The molecule has 1 fully saturated rings. The van der Waals surface area contributed by atoms with Crippen molar-refractivity contribution in [1.82, 2.24) is 5.32 Å². The van der Waals surface area contributed by atoms with Gasteiger partial charge in [0.05, 0.1) is 25.4 Å². The van der Waals surface area contributed by atoms with E-state index in [1.165, 1.54) is 116 Å². The smallest absolute Gasteiger partial charge is 0.306 e. The second-order valence-corrected chi connectivity index (χ2v) is 24.3. The van der Waals surface area contributed by atoms with E-state index in [1.807, 2.05) is 6.08 Å². The molecular weight excluding hydrogens is 1090 g/mol. The number of aliphatic hydroxyl groups is 5. The van der Waals surface area contributed by atoms with Crippen LogP contribution >= 0.6 is 0 Å². The van der Waals surface area contributed by atoms with Crippen LogP contribution in [0.1, 0.15) is 297 Å². The largest absolute Gasteiger partial charge is 0.454 e. The zero-order chi connectivity index (χ0) is 63.1. The van der Waals surface area contributed by atoms with Crippen molar-refractivity contribution in [3.8, 4) is 0 Å². The standard InChI is InChI=1S/C76H131NO10/c1-4-7-10-13-16-19-22-24-26-28-30-32-34-35-36-38-40-42-44-46-49-52-55-58-61-64-71(81)87-74-73(83)72(82)70(65-78)86-76(74)85-66-67(68(79)62-59-56-53-50-47-21-18-15-12-9-6-3)77-75(84)69(80)63-60-57-54-51-48-45-43-41-39-37-33-31-29-27-25-23-20-17-14-11-8-5-2/h16-17,19-20,24-27,30-33,35-36,39,41,59,62,67-70,72-74,76,78-80,82-83H,4-15,18,21-23,28-29,34,37-38,40,42-58,60-61,63-66H2,1-3H3,(H,77,84)/b19-16-,20-17-,26-24-,27-25-,32-30-,33-31-,36-35-,41-39-,62-59+. The first-order valence-corrected chi connectivity index (χ1v) is 35.7. The molecule has 0 aliphatic carbocycles. The Morgan fingerprint density at radius 3 is 1.21 bits per heavy atom. The molecule has 0 radical (unpaired) electrons. The molecule has 6 N–H and O–H groups in total. The summed E-state index contributed by atoms with van der Waals surface area (Å²) in [5, 5.41) is 57.2. The van der Waals surface area contributed by atoms with Gasteiger partial charge >= 0.3 is 5.97 Å². The normalized spacial score (nSPS) is 18.9. The second kappa shape index (κ2) is 62.5. The van der Waals surface area contributed by atoms with Crippen molar-refractivity contribution in [3.05, 3.63) is 109 Å². The molecule has 1 rings (SSSR count). The van der Waals surface area contributed by atoms with Crippen LogP contribution in [0.15, 0.2) is 109 Å². The highest BCUT2D eigenvalue weighted by molar-refractivity contribution is 5.80. The van der Waals surface area contributed by atoms with E-state index in [1.54, 1.807) is 6.08 Å². The van der Waals surface area contributed by atoms with Crippen LogP contribution in [0.4, 0.5) is 0 Å². The SMILES string of the molecule is CCCCC/C=C\C/C=C\C/C=C\C/C=C\CCCCCCCCCCCC(=O)OC1C(OCC(NC(=O)C(O)CCCCCCCC/C=C\C/C=C\C/C=C\C/C=C\CCCCC)C(O)/C=C/CCCCCCCCCCC)OC(CO)C(O)C1O. The van der Waals surface area contributed by atoms with Crippen LogP contribution in [0, 0.1) is 0 Å². The van der Waals surface area contributed by atoms with Crippen molar-refractivity contribution in [2.45, 2.75) is 346 Å². The van der Waals surface area contributed by atoms with Gasteiger partial charge in [0.25, 0.3) is 0 Å². The van der Waals surface area contributed by atoms with Gasteiger partial charge in [0, 0.05) is 6.42 Å². The molecule has 0 saturated carbocycles. The van der Waals surface area contributed by atoms with E-state index in [0.717, 1.165) is 135 Å². The van der Waals surface area contributed by atoms with Crippen molar-refractivity contribution in [2.24, 2.45) is 0 Å². The first kappa shape index (κ1) is 81.3. The van der Waals surface area contributed by atoms with Crippen molar-refractivity contribution in [3.63, 3.8) is 0 Å². The molecule has 8 atom stereocenters. The minimum Gasteiger partial charge on any atom is -0.454 e. The van der Waals surface area contributed by atoms with E-state index in [-0.39, 0.29) is 19.4 Å². The molecule has 0 aromatic rings. The predicted molar refractivity (Wildman–Crippen MR) is 365 cm³/mol. The van der Waals surface area contributed by atoms with Gasteiger partial charge in [-0.2, -0.15) is 0 Å². The second-order valence-electron chi connectivity index (χ2n) is 24.3. The van der Waals surface area contributed by atoms with Gasteiger partial charge in [-0.3, -0.25) is 9.59 Å². The van der Waals surface area contributed by atoms with Gasteiger partial charge in [0.1, 0.15) is 24.4 Å². The zero-order valence-corrected chi connectivity index (χ0v) is 55.6. The maximum atomic E-state index is 13.5. The molecule has 87 heavy (non-hydrogen) atoms. The Bertz CT molecular complexity index is 1830. The van der Waals surface area contributed by atoms with E-state index < -0.39 is 67.4 Å². The number of nitrogens with one attached hydrogen (secondary N) is 1. The lowest BCUT2D eigenvalue weighted by Crippen LogP contribution is -2.61. The average Bonchev–Trinajstić information content (AvgIpc) is 3.12. The van der Waals surface area contributed by atoms with Crippen LogP contribution in [-0.4, -0.2) is 99.6 Å². The molecule has 1 aliphatic rings. The third kappa shape index (κ3) is 49.7. The lowest BCUT2D eigenvalue weighted by molar-refractivity contribution is -0.305. The Morgan fingerprint density at radius 2 is 0.793 bits per heavy atom. The topological polar surface area (TPSA) is 175 Å². The van der Waals surface area contributed by atoms with Gasteiger partial charge in [0.2, 0.25) is 5.91 Å². The minimum absolute atomic E-state index is 0.110. The fourth-order valence-corrected chi connectivity index (χ4v) is 10.5. The fraction of sp³-hybridized carbons (Fsp3) is 0.737. The number of ether oxygens (including phenoxy) is 3. The minimum atomic E-state index is -1.63. The van der Waals surface area contributed by atoms with Gasteiger partial charge in [0.15, 0.2) is 12.4 Å². The van der Waals surface area contributed by atoms with Crippen LogP contribution in [0.5, 0.6) is 0 Å². The highest BCUT2D eigenvalue weighted by Crippen LogP contribution is 2.26. The number of aliphatic hydroxyl groups excluding tert-OH is 5. The molecule has 0 aromatic heterocycles. The first-order valence-electron chi connectivity index (χ1n) is 35.7. The van der Waals surface area contributed by atoms with Crippen LogP contribution in [0.3, 0.4) is 0 Å². The summed E-state index contributed by atoms with van der Waals surface area (Å²) in [7, 11) is 0. The van der Waals surface area contributed by atoms with Gasteiger partial charge in [-0.1, -0.05) is 284 Å². The molecule has 11 heteroatoms. The lowest BCUT2D eigenvalue weighted by Gasteiger charge is -2.41. The van der Waals surface area contributed by atoms with E-state index >= 15 is 0 Å². The highest BCUT2D eigenvalue weighted by atomic mass is 16.7. The molecule has 1 aliphatic heterocycles. The number of amides is 1. The van der Waals surface area contributed by atoms with E-state index in [9.17, 15) is 35.1 Å². The third-order valence-electron chi connectivity index (χ3n) is 16.1. The molecule has 1 heterocycles. The number of unbranched alkanes of at least 4 members (excludes halogenated alkanes) is 30. The van der Waals surface area contributed by atoms with Crippen LogP contribution in [0.2, 0.25) is 0 Å². The van der Waals surface area contributed by atoms with E-state index in [2.05, 4.69) is 123 Å². The zero-order valence-electron chi connectivity index (χ0n) is 55.6. The molecule has 0 spiro atoms. The number of hydrogen-bond donors (Lipinski definition) is 6. The molecule has 8 unspecified atom stereocenters. The summed E-state index contributed by atoms with van der Waals surface area (Å²) in [6.07, 6.45) is 75.5. The molecule has 1 saturated heterocycles. The summed E-state index contributed by atoms with van der Waals surface area (Å²) in [6, 6.07) is -1.04. The number of carbonyl (C=O) groups excluding carboxylic acids is 2. The Kier molecular flexibility index (Phi) is 58.4. The Labute approximate surface area is 532 Å². The number of hydrogen-bond acceptors (Lipinski definition) is 10. The number of allylic oxidation sites excluding steroid dienone is 17. The quantitative estimate of drug-likeness (QED) is 0.0195. The van der Waals surface area contributed by atoms with Gasteiger partial charge in [-0.25, -0.2) is 0 Å². The summed E-state index contributed by atoms with van der Waals surface area (Å²) in [5.41, 5.74) is 0. The van der Waals surface area contributed by atoms with Crippen molar-refractivity contribution in [2.75, 3.05) is 13.2 Å². The molecule has 0 aromatic carbocycles. The van der Waals surface area contributed by atoms with Gasteiger partial charge < -0.3 is 45.1 Å². The van der Waals surface area contributed by atoms with Crippen molar-refractivity contribution < 1.29 is 49.3 Å². The Hall–Kier alpha value is -3.68. The molecular formula is C76H131NO10. The average molecular weight is 1220 g/mol. The predicted octanol–water partition coefficient (Wildman–Crippen LogP) is 18.4. The third-order valence-corrected chi connectivity index (χ3v) is 16.1. The number of esters is 1. The highest BCUT2D eigenvalue weighted by Gasteiger charge is 2.47. The van der Waals surface area contributed by atoms with E-state index in [0.29, 0.717) is 12.8 Å². The number of rotatable bonds is 60. The van der Waals surface area contributed by atoms with Gasteiger partial charge in [-0.15, -0.1) is 0 Å². The summed E-state index contributed by atoms with van der Waals surface area (Å²) in [5.74, 6) is -1.21. The molecule has 0 bridgehead atoms. The Balaban J connectivity index is 2.58. The summed E-state index contributed by atoms with van der Waals surface area (Å²) >= 11 is 0. The summed E-state index contributed by atoms with van der Waals surface area (Å²) < 4.78 is 17.7. The Morgan fingerprint density at radius 1 is 0.448 bits per heavy atom. The number of carbonyl (C=O) groups is 2. The van der Waals surface area contributed by atoms with Crippen molar-refractivity contribution in [1.29, 1.82) is 0 Å². The molecule has 11 nitrogen and oxygen atoms in total. The fourth-order valence-electron chi connectivity index (χ4n) is 10.5. The summed E-state index contributed by atoms with van der Waals surface area (Å²) in [4.78, 5) is 26.7. The van der Waals surface area contributed by atoms with Crippen LogP contribution in [0.25, 0.3) is 0 Å². The molecule has 1 amide bonds. The molecule has 500 valence electrons. The van der Waals surface area contributed by atoms with Crippen LogP contribution < -0.4 is 5.32 Å².